The molecule has 0 aromatic carbocycles. The molecule has 1 saturated heterocycles. The summed E-state index contributed by atoms with van der Waals surface area (Å²) in [6.45, 7) is 9.76. The fourth-order valence-electron chi connectivity index (χ4n) is 2.99. The summed E-state index contributed by atoms with van der Waals surface area (Å²) in [4.78, 5) is 29.8. The molecule has 2 aromatic heterocycles. The molecule has 1 aliphatic heterocycles. The molecule has 0 unspecified atom stereocenters. The number of nitrogens with zero attached hydrogens (tertiary/aromatic N) is 5. The Hall–Kier alpha value is -2.34. The van der Waals surface area contributed by atoms with Crippen LogP contribution in [0.25, 0.3) is 0 Å². The summed E-state index contributed by atoms with van der Waals surface area (Å²) in [6, 6.07) is 5.81. The van der Waals surface area contributed by atoms with Gasteiger partial charge in [0.2, 0.25) is 0 Å². The fraction of sp³-hybridized carbons (Fsp3) is 0.444. The van der Waals surface area contributed by atoms with E-state index in [0.29, 0.717) is 24.6 Å². The zero-order valence-electron chi connectivity index (χ0n) is 14.5. The third-order valence-electron chi connectivity index (χ3n) is 4.34. The van der Waals surface area contributed by atoms with Gasteiger partial charge in [0, 0.05) is 44.6 Å². The second-order valence-corrected chi connectivity index (χ2v) is 6.28. The molecule has 0 spiro atoms. The first kappa shape index (κ1) is 16.5. The molecule has 2 aromatic rings. The second-order valence-electron chi connectivity index (χ2n) is 6.28. The van der Waals surface area contributed by atoms with Gasteiger partial charge < -0.3 is 4.90 Å². The lowest BCUT2D eigenvalue weighted by Gasteiger charge is -2.34. The Morgan fingerprint density at radius 2 is 1.88 bits per heavy atom. The van der Waals surface area contributed by atoms with E-state index >= 15 is 0 Å². The quantitative estimate of drug-likeness (QED) is 0.860. The van der Waals surface area contributed by atoms with Crippen molar-refractivity contribution in [2.75, 3.05) is 26.2 Å². The Labute approximate surface area is 142 Å². The van der Waals surface area contributed by atoms with Gasteiger partial charge in [0.1, 0.15) is 11.5 Å². The van der Waals surface area contributed by atoms with Gasteiger partial charge in [-0.15, -0.1) is 0 Å². The van der Waals surface area contributed by atoms with Crippen molar-refractivity contribution in [3.8, 4) is 0 Å². The number of aryl methyl sites for hydroxylation is 3. The standard InChI is InChI=1S/C18H23N5O/c1-13-5-4-6-19-17(13)12-22-7-9-23(10-8-22)18(24)16-11-14(2)20-15(3)21-16/h4-6,11H,7-10,12H2,1-3H3. The minimum absolute atomic E-state index is 0.00253. The maximum atomic E-state index is 12.6. The highest BCUT2D eigenvalue weighted by Crippen LogP contribution is 2.12. The van der Waals surface area contributed by atoms with Crippen LogP contribution in [0.1, 0.15) is 33.3 Å². The third kappa shape index (κ3) is 3.76. The summed E-state index contributed by atoms with van der Waals surface area (Å²) in [5, 5.41) is 0. The SMILES string of the molecule is Cc1cc(C(=O)N2CCN(Cc3ncccc3C)CC2)nc(C)n1. The molecule has 24 heavy (non-hydrogen) atoms. The van der Waals surface area contributed by atoms with Crippen molar-refractivity contribution >= 4 is 5.91 Å². The van der Waals surface area contributed by atoms with E-state index in [0.717, 1.165) is 31.0 Å². The van der Waals surface area contributed by atoms with Gasteiger partial charge in [-0.2, -0.15) is 0 Å². The van der Waals surface area contributed by atoms with Crippen LogP contribution in [0.2, 0.25) is 0 Å². The summed E-state index contributed by atoms with van der Waals surface area (Å²) >= 11 is 0. The Morgan fingerprint density at radius 3 is 2.54 bits per heavy atom. The summed E-state index contributed by atoms with van der Waals surface area (Å²) < 4.78 is 0. The van der Waals surface area contributed by atoms with Crippen LogP contribution in [0.3, 0.4) is 0 Å². The van der Waals surface area contributed by atoms with Crippen LogP contribution in [0.4, 0.5) is 0 Å². The smallest absolute Gasteiger partial charge is 0.272 e. The second kappa shape index (κ2) is 7.05. The van der Waals surface area contributed by atoms with Gasteiger partial charge >= 0.3 is 0 Å². The number of rotatable bonds is 3. The number of carbonyl (C=O) groups excluding carboxylic acids is 1. The molecule has 126 valence electrons. The number of pyridine rings is 1. The maximum absolute atomic E-state index is 12.6. The molecule has 0 saturated carbocycles. The predicted molar refractivity (Wildman–Crippen MR) is 91.7 cm³/mol. The Balaban J connectivity index is 1.60. The summed E-state index contributed by atoms with van der Waals surface area (Å²) in [6.07, 6.45) is 1.84. The minimum Gasteiger partial charge on any atom is -0.335 e. The van der Waals surface area contributed by atoms with Crippen LogP contribution in [0, 0.1) is 20.8 Å². The van der Waals surface area contributed by atoms with Crippen LogP contribution in [0.5, 0.6) is 0 Å². The summed E-state index contributed by atoms with van der Waals surface area (Å²) in [5.74, 6) is 0.639. The predicted octanol–water partition coefficient (Wildman–Crippen LogP) is 1.75. The molecule has 0 aliphatic carbocycles. The first-order chi connectivity index (χ1) is 11.5. The number of hydrogen-bond acceptors (Lipinski definition) is 5. The highest BCUT2D eigenvalue weighted by atomic mass is 16.2. The number of piperazine rings is 1. The largest absolute Gasteiger partial charge is 0.335 e. The lowest BCUT2D eigenvalue weighted by molar-refractivity contribution is 0.0620. The van der Waals surface area contributed by atoms with Gasteiger partial charge in [-0.1, -0.05) is 6.07 Å². The van der Waals surface area contributed by atoms with E-state index < -0.39 is 0 Å². The summed E-state index contributed by atoms with van der Waals surface area (Å²) in [7, 11) is 0. The van der Waals surface area contributed by atoms with Crippen molar-refractivity contribution in [3.05, 3.63) is 52.9 Å². The zero-order valence-corrected chi connectivity index (χ0v) is 14.5. The van der Waals surface area contributed by atoms with Crippen LogP contribution in [0.15, 0.2) is 24.4 Å². The van der Waals surface area contributed by atoms with E-state index in [1.165, 1.54) is 5.56 Å². The average Bonchev–Trinajstić information content (AvgIpc) is 2.56. The van der Waals surface area contributed by atoms with E-state index in [1.807, 2.05) is 31.0 Å². The first-order valence-electron chi connectivity index (χ1n) is 8.27. The Kier molecular flexibility index (Phi) is 4.85. The van der Waals surface area contributed by atoms with Crippen molar-refractivity contribution in [2.24, 2.45) is 0 Å². The van der Waals surface area contributed by atoms with E-state index in [-0.39, 0.29) is 5.91 Å². The zero-order chi connectivity index (χ0) is 17.1. The molecule has 0 atom stereocenters. The maximum Gasteiger partial charge on any atom is 0.272 e. The summed E-state index contributed by atoms with van der Waals surface area (Å²) in [5.41, 5.74) is 3.64. The average molecular weight is 325 g/mol. The van der Waals surface area contributed by atoms with Crippen LogP contribution in [-0.4, -0.2) is 56.8 Å². The normalized spacial score (nSPS) is 15.5. The van der Waals surface area contributed by atoms with E-state index in [9.17, 15) is 4.79 Å². The lowest BCUT2D eigenvalue weighted by atomic mass is 10.2. The van der Waals surface area contributed by atoms with Crippen LogP contribution < -0.4 is 0 Å². The van der Waals surface area contributed by atoms with Gasteiger partial charge in [0.05, 0.1) is 5.69 Å². The number of amides is 1. The van der Waals surface area contributed by atoms with Crippen molar-refractivity contribution in [1.29, 1.82) is 0 Å². The van der Waals surface area contributed by atoms with Gasteiger partial charge in [0.25, 0.3) is 5.91 Å². The molecule has 3 rings (SSSR count). The van der Waals surface area contributed by atoms with Crippen molar-refractivity contribution < 1.29 is 4.79 Å². The van der Waals surface area contributed by atoms with E-state index in [2.05, 4.69) is 32.8 Å². The Bertz CT molecular complexity index is 718. The number of carbonyl (C=O) groups is 1. The van der Waals surface area contributed by atoms with E-state index in [4.69, 9.17) is 0 Å². The van der Waals surface area contributed by atoms with Crippen molar-refractivity contribution in [1.82, 2.24) is 24.8 Å². The molecule has 6 nitrogen and oxygen atoms in total. The molecule has 1 fully saturated rings. The molecule has 3 heterocycles. The molecule has 1 aliphatic rings. The van der Waals surface area contributed by atoms with Crippen molar-refractivity contribution in [3.63, 3.8) is 0 Å². The monoisotopic (exact) mass is 325 g/mol. The molecule has 1 amide bonds. The minimum atomic E-state index is -0.00253. The van der Waals surface area contributed by atoms with Crippen molar-refractivity contribution in [2.45, 2.75) is 27.3 Å². The third-order valence-corrected chi connectivity index (χ3v) is 4.34. The lowest BCUT2D eigenvalue weighted by Crippen LogP contribution is -2.48. The number of hydrogen-bond donors (Lipinski definition) is 0. The first-order valence-corrected chi connectivity index (χ1v) is 8.27. The molecule has 0 radical (unpaired) electrons. The van der Waals surface area contributed by atoms with Gasteiger partial charge in [0.15, 0.2) is 0 Å². The fourth-order valence-corrected chi connectivity index (χ4v) is 2.99. The van der Waals surface area contributed by atoms with Gasteiger partial charge in [-0.05, 0) is 38.5 Å². The van der Waals surface area contributed by atoms with E-state index in [1.54, 1.807) is 6.07 Å². The molecule has 0 N–H and O–H groups in total. The highest BCUT2D eigenvalue weighted by Gasteiger charge is 2.23. The topological polar surface area (TPSA) is 62.2 Å². The van der Waals surface area contributed by atoms with Crippen LogP contribution >= 0.6 is 0 Å². The molecule has 0 bridgehead atoms. The number of aromatic nitrogens is 3. The van der Waals surface area contributed by atoms with Gasteiger partial charge in [-0.25, -0.2) is 9.97 Å². The van der Waals surface area contributed by atoms with Crippen LogP contribution in [-0.2, 0) is 6.54 Å². The van der Waals surface area contributed by atoms with Gasteiger partial charge in [-0.3, -0.25) is 14.7 Å². The molecular weight excluding hydrogens is 302 g/mol. The molecular formula is C18H23N5O. The molecule has 6 heteroatoms. The highest BCUT2D eigenvalue weighted by molar-refractivity contribution is 5.92. The Morgan fingerprint density at radius 1 is 1.12 bits per heavy atom.